The number of rotatable bonds is 6. The normalized spacial score (nSPS) is 21.2. The molecule has 1 aromatic heterocycles. The van der Waals surface area contributed by atoms with E-state index in [1.54, 1.807) is 12.7 Å². The van der Waals surface area contributed by atoms with Crippen LogP contribution in [0, 0.1) is 5.92 Å². The van der Waals surface area contributed by atoms with Crippen molar-refractivity contribution in [2.24, 2.45) is 5.92 Å². The fraction of sp³-hybridized carbons (Fsp3) is 0.591. The Morgan fingerprint density at radius 1 is 1.03 bits per heavy atom. The van der Waals surface area contributed by atoms with Crippen molar-refractivity contribution in [3.8, 4) is 0 Å². The zero-order chi connectivity index (χ0) is 19.9. The van der Waals surface area contributed by atoms with E-state index < -0.39 is 0 Å². The van der Waals surface area contributed by atoms with Crippen molar-refractivity contribution in [3.05, 3.63) is 48.5 Å². The molecule has 0 radical (unpaired) electrons. The zero-order valence-corrected chi connectivity index (χ0v) is 17.1. The van der Waals surface area contributed by atoms with Crippen molar-refractivity contribution in [2.75, 3.05) is 39.3 Å². The van der Waals surface area contributed by atoms with Gasteiger partial charge in [0.25, 0.3) is 0 Å². The molecular formula is C22H32N6O. The lowest BCUT2D eigenvalue weighted by Crippen LogP contribution is -2.47. The van der Waals surface area contributed by atoms with E-state index >= 15 is 0 Å². The van der Waals surface area contributed by atoms with E-state index in [1.807, 2.05) is 4.90 Å². The summed E-state index contributed by atoms with van der Waals surface area (Å²) in [5.74, 6) is 0.554. The summed E-state index contributed by atoms with van der Waals surface area (Å²) in [5, 5.41) is 11.0. The van der Waals surface area contributed by atoms with Crippen molar-refractivity contribution >= 4 is 6.03 Å². The highest BCUT2D eigenvalue weighted by Crippen LogP contribution is 2.22. The molecule has 7 heteroatoms. The van der Waals surface area contributed by atoms with Crippen molar-refractivity contribution in [1.29, 1.82) is 0 Å². The minimum Gasteiger partial charge on any atom is -0.338 e. The predicted octanol–water partition coefficient (Wildman–Crippen LogP) is 2.58. The molecule has 7 nitrogen and oxygen atoms in total. The molecule has 2 fully saturated rings. The Bertz CT molecular complexity index is 742. The molecule has 0 unspecified atom stereocenters. The van der Waals surface area contributed by atoms with E-state index in [9.17, 15) is 4.79 Å². The number of carbonyl (C=O) groups excluding carboxylic acids is 1. The zero-order valence-electron chi connectivity index (χ0n) is 17.1. The van der Waals surface area contributed by atoms with Gasteiger partial charge in [-0.25, -0.2) is 4.79 Å². The number of urea groups is 1. The monoisotopic (exact) mass is 396 g/mol. The third kappa shape index (κ3) is 5.56. The molecule has 0 aliphatic carbocycles. The third-order valence-electron chi connectivity index (χ3n) is 6.31. The van der Waals surface area contributed by atoms with Gasteiger partial charge in [-0.1, -0.05) is 30.3 Å². The lowest BCUT2D eigenvalue weighted by atomic mass is 9.97. The Morgan fingerprint density at radius 2 is 1.79 bits per heavy atom. The number of aromatic nitrogens is 3. The number of piperidine rings is 2. The molecule has 1 aromatic carbocycles. The first-order valence-corrected chi connectivity index (χ1v) is 10.9. The van der Waals surface area contributed by atoms with E-state index in [0.29, 0.717) is 12.0 Å². The van der Waals surface area contributed by atoms with Gasteiger partial charge in [0.1, 0.15) is 12.7 Å². The van der Waals surface area contributed by atoms with Crippen molar-refractivity contribution in [2.45, 2.75) is 38.1 Å². The molecule has 1 atom stereocenters. The second-order valence-corrected chi connectivity index (χ2v) is 8.36. The Hall–Kier alpha value is -2.41. The Kier molecular flexibility index (Phi) is 6.77. The average Bonchev–Trinajstić information content (AvgIpc) is 3.32. The number of likely N-dealkylation sites (tertiary alicyclic amines) is 2. The van der Waals surface area contributed by atoms with Crippen LogP contribution in [0.25, 0.3) is 0 Å². The first-order valence-electron chi connectivity index (χ1n) is 10.9. The molecule has 156 valence electrons. The topological polar surface area (TPSA) is 66.3 Å². The molecule has 0 spiro atoms. The molecule has 2 aliphatic rings. The van der Waals surface area contributed by atoms with Gasteiger partial charge in [0.15, 0.2) is 0 Å². The average molecular weight is 397 g/mol. The molecular weight excluding hydrogens is 364 g/mol. The molecule has 29 heavy (non-hydrogen) atoms. The highest BCUT2D eigenvalue weighted by molar-refractivity contribution is 5.74. The molecule has 2 saturated heterocycles. The number of amides is 2. The SMILES string of the molecule is O=C(NC[C@@H]1CCCN(CCc2ccccc2)C1)N1CCC(n2cnnc2)CC1. The van der Waals surface area contributed by atoms with Gasteiger partial charge in [0.2, 0.25) is 0 Å². The maximum atomic E-state index is 12.6. The second-order valence-electron chi connectivity index (χ2n) is 8.36. The smallest absolute Gasteiger partial charge is 0.317 e. The number of hydrogen-bond donors (Lipinski definition) is 1. The van der Waals surface area contributed by atoms with Crippen LogP contribution in [-0.2, 0) is 6.42 Å². The fourth-order valence-corrected chi connectivity index (χ4v) is 4.56. The van der Waals surface area contributed by atoms with E-state index in [1.165, 1.54) is 24.9 Å². The van der Waals surface area contributed by atoms with Gasteiger partial charge >= 0.3 is 6.03 Å². The summed E-state index contributed by atoms with van der Waals surface area (Å²) in [7, 11) is 0. The summed E-state index contributed by atoms with van der Waals surface area (Å²) in [5.41, 5.74) is 1.40. The van der Waals surface area contributed by atoms with Crippen molar-refractivity contribution < 1.29 is 4.79 Å². The highest BCUT2D eigenvalue weighted by Gasteiger charge is 2.25. The number of hydrogen-bond acceptors (Lipinski definition) is 4. The lowest BCUT2D eigenvalue weighted by Gasteiger charge is -2.35. The van der Waals surface area contributed by atoms with Gasteiger partial charge in [0.05, 0.1) is 0 Å². The minimum atomic E-state index is 0.0913. The predicted molar refractivity (Wildman–Crippen MR) is 113 cm³/mol. The van der Waals surface area contributed by atoms with Crippen LogP contribution in [0.15, 0.2) is 43.0 Å². The standard InChI is InChI=1S/C22H32N6O/c29-22(27-13-9-21(10-14-27)28-17-24-25-18-28)23-15-20-7-4-11-26(16-20)12-8-19-5-2-1-3-6-19/h1-3,5-6,17-18,20-21H,4,7-16H2,(H,23,29)/t20-/m0/s1. The van der Waals surface area contributed by atoms with Gasteiger partial charge in [-0.3, -0.25) is 0 Å². The first kappa shape index (κ1) is 19.9. The van der Waals surface area contributed by atoms with Gasteiger partial charge in [-0.2, -0.15) is 0 Å². The molecule has 1 N–H and O–H groups in total. The summed E-state index contributed by atoms with van der Waals surface area (Å²) in [6, 6.07) is 11.2. The van der Waals surface area contributed by atoms with Crippen LogP contribution >= 0.6 is 0 Å². The largest absolute Gasteiger partial charge is 0.338 e. The number of nitrogens with zero attached hydrogens (tertiary/aromatic N) is 5. The van der Waals surface area contributed by atoms with Crippen LogP contribution < -0.4 is 5.32 Å². The van der Waals surface area contributed by atoms with E-state index in [-0.39, 0.29) is 6.03 Å². The maximum absolute atomic E-state index is 12.6. The van der Waals surface area contributed by atoms with E-state index in [0.717, 1.165) is 52.0 Å². The van der Waals surface area contributed by atoms with Crippen LogP contribution in [0.3, 0.4) is 0 Å². The summed E-state index contributed by atoms with van der Waals surface area (Å²) in [4.78, 5) is 17.1. The summed E-state index contributed by atoms with van der Waals surface area (Å²) < 4.78 is 2.06. The second kappa shape index (κ2) is 9.87. The van der Waals surface area contributed by atoms with E-state index in [2.05, 4.69) is 55.3 Å². The summed E-state index contributed by atoms with van der Waals surface area (Å²) in [6.07, 6.45) is 8.99. The molecule has 4 rings (SSSR count). The molecule has 0 saturated carbocycles. The van der Waals surface area contributed by atoms with Crippen LogP contribution in [0.5, 0.6) is 0 Å². The molecule has 3 heterocycles. The van der Waals surface area contributed by atoms with Crippen LogP contribution in [0.1, 0.15) is 37.3 Å². The molecule has 0 bridgehead atoms. The minimum absolute atomic E-state index is 0.0913. The van der Waals surface area contributed by atoms with Crippen LogP contribution in [0.4, 0.5) is 4.79 Å². The van der Waals surface area contributed by atoms with E-state index in [4.69, 9.17) is 0 Å². The quantitative estimate of drug-likeness (QED) is 0.815. The summed E-state index contributed by atoms with van der Waals surface area (Å²) >= 11 is 0. The van der Waals surface area contributed by atoms with Gasteiger partial charge < -0.3 is 19.7 Å². The van der Waals surface area contributed by atoms with Gasteiger partial charge in [-0.15, -0.1) is 10.2 Å². The Labute approximate surface area is 173 Å². The molecule has 2 amide bonds. The van der Waals surface area contributed by atoms with Crippen molar-refractivity contribution in [1.82, 2.24) is 29.9 Å². The number of benzene rings is 1. The van der Waals surface area contributed by atoms with Crippen molar-refractivity contribution in [3.63, 3.8) is 0 Å². The van der Waals surface area contributed by atoms with Gasteiger partial charge in [0, 0.05) is 38.8 Å². The van der Waals surface area contributed by atoms with Gasteiger partial charge in [-0.05, 0) is 50.1 Å². The maximum Gasteiger partial charge on any atom is 0.317 e. The Balaban J connectivity index is 1.16. The lowest BCUT2D eigenvalue weighted by molar-refractivity contribution is 0.156. The third-order valence-corrected chi connectivity index (χ3v) is 6.31. The highest BCUT2D eigenvalue weighted by atomic mass is 16.2. The van der Waals surface area contributed by atoms with Crippen LogP contribution in [0.2, 0.25) is 0 Å². The Morgan fingerprint density at radius 3 is 2.55 bits per heavy atom. The molecule has 2 aliphatic heterocycles. The first-order chi connectivity index (χ1) is 14.3. The number of carbonyl (C=O) groups is 1. The molecule has 2 aromatic rings. The fourth-order valence-electron chi connectivity index (χ4n) is 4.56. The van der Waals surface area contributed by atoms with Crippen LogP contribution in [-0.4, -0.2) is 69.9 Å². The number of nitrogens with one attached hydrogen (secondary N) is 1. The summed E-state index contributed by atoms with van der Waals surface area (Å²) in [6.45, 7) is 5.74.